The third kappa shape index (κ3) is 1.87. The number of alkyl halides is 1. The molecule has 0 bridgehead atoms. The molecule has 0 radical (unpaired) electrons. The zero-order chi connectivity index (χ0) is 10.7. The van der Waals surface area contributed by atoms with E-state index in [0.29, 0.717) is 0 Å². The maximum Gasteiger partial charge on any atom is 0.352 e. The monoisotopic (exact) mass is 202 g/mol. The zero-order valence-electron chi connectivity index (χ0n) is 7.01. The van der Waals surface area contributed by atoms with Crippen LogP contribution in [0.3, 0.4) is 0 Å². The molecule has 1 aromatic rings. The first-order valence-corrected chi connectivity index (χ1v) is 3.70. The Morgan fingerprint density at radius 2 is 2.36 bits per heavy atom. The number of carboxylic acid groups (broad SMARTS) is 1. The van der Waals surface area contributed by atoms with Gasteiger partial charge in [-0.2, -0.15) is 0 Å². The van der Waals surface area contributed by atoms with Crippen molar-refractivity contribution >= 4 is 11.7 Å². The van der Waals surface area contributed by atoms with E-state index in [0.717, 1.165) is 16.8 Å². The Labute approximate surface area is 77.7 Å². The number of aromatic carboxylic acids is 1. The van der Waals surface area contributed by atoms with Crippen molar-refractivity contribution in [2.24, 2.45) is 0 Å². The van der Waals surface area contributed by atoms with Crippen LogP contribution in [0.25, 0.3) is 0 Å². The molecule has 1 heterocycles. The van der Waals surface area contributed by atoms with Gasteiger partial charge in [0.2, 0.25) is 0 Å². The van der Waals surface area contributed by atoms with Crippen molar-refractivity contribution in [3.8, 4) is 0 Å². The summed E-state index contributed by atoms with van der Waals surface area (Å²) in [7, 11) is 0. The molecule has 0 spiro atoms. The number of hydrogen-bond donors (Lipinski definition) is 1. The van der Waals surface area contributed by atoms with Crippen LogP contribution in [0.4, 0.5) is 10.1 Å². The van der Waals surface area contributed by atoms with Gasteiger partial charge in [0.05, 0.1) is 17.7 Å². The van der Waals surface area contributed by atoms with Gasteiger partial charge in [0.1, 0.15) is 12.4 Å². The van der Waals surface area contributed by atoms with Crippen LogP contribution in [0.1, 0.15) is 10.5 Å². The molecule has 1 rings (SSSR count). The minimum Gasteiger partial charge on any atom is -0.477 e. The molecule has 0 aliphatic rings. The summed E-state index contributed by atoms with van der Waals surface area (Å²) in [6.45, 7) is -0.971. The molecule has 0 saturated carbocycles. The van der Waals surface area contributed by atoms with E-state index in [9.17, 15) is 19.3 Å². The van der Waals surface area contributed by atoms with Gasteiger partial charge >= 0.3 is 5.97 Å². The number of nitro groups is 1. The number of rotatable bonds is 4. The van der Waals surface area contributed by atoms with Crippen LogP contribution >= 0.6 is 0 Å². The van der Waals surface area contributed by atoms with Gasteiger partial charge in [0.15, 0.2) is 0 Å². The minimum absolute atomic E-state index is 0.199. The zero-order valence-corrected chi connectivity index (χ0v) is 7.01. The second-order valence-corrected chi connectivity index (χ2v) is 2.53. The Bertz CT molecular complexity index is 374. The molecule has 6 nitrogen and oxygen atoms in total. The van der Waals surface area contributed by atoms with Crippen LogP contribution in [0, 0.1) is 10.1 Å². The van der Waals surface area contributed by atoms with Gasteiger partial charge in [-0.25, -0.2) is 9.18 Å². The number of nitrogens with zero attached hydrogens (tertiary/aromatic N) is 2. The van der Waals surface area contributed by atoms with E-state index < -0.39 is 17.6 Å². The standard InChI is InChI=1S/C7H7FN2O4/c8-1-2-9-4-5(10(13)14)3-6(9)7(11)12/h3-4H,1-2H2,(H,11,12). The van der Waals surface area contributed by atoms with Gasteiger partial charge in [0.25, 0.3) is 5.69 Å². The molecule has 0 saturated heterocycles. The molecule has 76 valence electrons. The van der Waals surface area contributed by atoms with E-state index in [4.69, 9.17) is 5.11 Å². The third-order valence-electron chi connectivity index (χ3n) is 1.64. The van der Waals surface area contributed by atoms with Gasteiger partial charge in [-0.1, -0.05) is 0 Å². The Morgan fingerprint density at radius 1 is 1.71 bits per heavy atom. The maximum absolute atomic E-state index is 11.9. The van der Waals surface area contributed by atoms with Gasteiger partial charge in [-0.3, -0.25) is 10.1 Å². The smallest absolute Gasteiger partial charge is 0.352 e. The van der Waals surface area contributed by atoms with E-state index in [2.05, 4.69) is 0 Å². The molecule has 1 aromatic heterocycles. The highest BCUT2D eigenvalue weighted by Crippen LogP contribution is 2.16. The molecule has 14 heavy (non-hydrogen) atoms. The Morgan fingerprint density at radius 3 is 2.79 bits per heavy atom. The average molecular weight is 202 g/mol. The fraction of sp³-hybridized carbons (Fsp3) is 0.286. The average Bonchev–Trinajstić information content (AvgIpc) is 2.49. The van der Waals surface area contributed by atoms with E-state index in [-0.39, 0.29) is 17.9 Å². The van der Waals surface area contributed by atoms with Gasteiger partial charge in [-0.15, -0.1) is 0 Å². The molecule has 0 unspecified atom stereocenters. The summed E-state index contributed by atoms with van der Waals surface area (Å²) in [5.74, 6) is -1.31. The molecule has 0 atom stereocenters. The van der Waals surface area contributed by atoms with Crippen molar-refractivity contribution in [2.45, 2.75) is 6.54 Å². The predicted molar refractivity (Wildman–Crippen MR) is 44.0 cm³/mol. The molecular weight excluding hydrogens is 195 g/mol. The summed E-state index contributed by atoms with van der Waals surface area (Å²) in [6, 6.07) is 0.901. The van der Waals surface area contributed by atoms with Gasteiger partial charge in [0, 0.05) is 6.07 Å². The molecule has 0 aliphatic heterocycles. The molecule has 7 heteroatoms. The molecular formula is C7H7FN2O4. The lowest BCUT2D eigenvalue weighted by Gasteiger charge is -1.99. The lowest BCUT2D eigenvalue weighted by molar-refractivity contribution is -0.384. The number of carboxylic acids is 1. The first-order chi connectivity index (χ1) is 6.56. The topological polar surface area (TPSA) is 85.4 Å². The van der Waals surface area contributed by atoms with Crippen molar-refractivity contribution in [3.63, 3.8) is 0 Å². The summed E-state index contributed by atoms with van der Waals surface area (Å²) in [4.78, 5) is 20.1. The highest BCUT2D eigenvalue weighted by molar-refractivity contribution is 5.86. The summed E-state index contributed by atoms with van der Waals surface area (Å²) < 4.78 is 12.9. The second kappa shape index (κ2) is 3.86. The number of halogens is 1. The van der Waals surface area contributed by atoms with Crippen molar-refractivity contribution in [3.05, 3.63) is 28.1 Å². The quantitative estimate of drug-likeness (QED) is 0.584. The van der Waals surface area contributed by atoms with Crippen LogP contribution in [0.5, 0.6) is 0 Å². The minimum atomic E-state index is -1.31. The number of hydrogen-bond acceptors (Lipinski definition) is 3. The normalized spacial score (nSPS) is 10.1. The SMILES string of the molecule is O=C(O)c1cc([N+](=O)[O-])cn1CCF. The highest BCUT2D eigenvalue weighted by Gasteiger charge is 2.18. The van der Waals surface area contributed by atoms with E-state index >= 15 is 0 Å². The maximum atomic E-state index is 11.9. The van der Waals surface area contributed by atoms with E-state index in [1.165, 1.54) is 0 Å². The van der Waals surface area contributed by atoms with Crippen molar-refractivity contribution in [1.82, 2.24) is 4.57 Å². The first kappa shape index (κ1) is 10.2. The molecule has 0 aliphatic carbocycles. The van der Waals surface area contributed by atoms with Crippen LogP contribution in [-0.2, 0) is 6.54 Å². The van der Waals surface area contributed by atoms with Crippen LogP contribution in [0.2, 0.25) is 0 Å². The van der Waals surface area contributed by atoms with Crippen molar-refractivity contribution in [1.29, 1.82) is 0 Å². The first-order valence-electron chi connectivity index (χ1n) is 3.70. The molecule has 0 amide bonds. The number of aryl methyl sites for hydroxylation is 1. The Balaban J connectivity index is 3.12. The van der Waals surface area contributed by atoms with Crippen molar-refractivity contribution < 1.29 is 19.2 Å². The van der Waals surface area contributed by atoms with Crippen LogP contribution in [0.15, 0.2) is 12.3 Å². The number of carbonyl (C=O) groups is 1. The van der Waals surface area contributed by atoms with Crippen LogP contribution < -0.4 is 0 Å². The Hall–Kier alpha value is -1.92. The lowest BCUT2D eigenvalue weighted by Crippen LogP contribution is -2.08. The molecule has 0 fully saturated rings. The van der Waals surface area contributed by atoms with Gasteiger partial charge < -0.3 is 9.67 Å². The van der Waals surface area contributed by atoms with Crippen LogP contribution in [-0.4, -0.2) is 27.2 Å². The molecule has 1 N–H and O–H groups in total. The summed E-state index contributed by atoms with van der Waals surface area (Å²) in [5.41, 5.74) is -0.634. The van der Waals surface area contributed by atoms with E-state index in [1.54, 1.807) is 0 Å². The van der Waals surface area contributed by atoms with Crippen molar-refractivity contribution in [2.75, 3.05) is 6.67 Å². The predicted octanol–water partition coefficient (Wildman–Crippen LogP) is 1.06. The van der Waals surface area contributed by atoms with Gasteiger partial charge in [-0.05, 0) is 0 Å². The number of aromatic nitrogens is 1. The fourth-order valence-corrected chi connectivity index (χ4v) is 1.05. The van der Waals surface area contributed by atoms with E-state index in [1.807, 2.05) is 0 Å². The molecule has 0 aromatic carbocycles. The highest BCUT2D eigenvalue weighted by atomic mass is 19.1. The Kier molecular flexibility index (Phi) is 2.80. The summed E-state index contributed by atoms with van der Waals surface area (Å²) >= 11 is 0. The second-order valence-electron chi connectivity index (χ2n) is 2.53. The third-order valence-corrected chi connectivity index (χ3v) is 1.64. The lowest BCUT2D eigenvalue weighted by atomic mass is 10.4. The largest absolute Gasteiger partial charge is 0.477 e. The summed E-state index contributed by atoms with van der Waals surface area (Å²) in [6.07, 6.45) is 1.00. The fourth-order valence-electron chi connectivity index (χ4n) is 1.05. The summed E-state index contributed by atoms with van der Waals surface area (Å²) in [5, 5.41) is 18.9.